The van der Waals surface area contributed by atoms with Crippen molar-refractivity contribution in [1.82, 2.24) is 5.01 Å². The van der Waals surface area contributed by atoms with Gasteiger partial charge in [-0.05, 0) is 48.0 Å². The number of nitro groups is 1. The maximum absolute atomic E-state index is 12.9. The number of hydrazone groups is 1. The Kier molecular flexibility index (Phi) is 5.99. The normalized spacial score (nSPS) is 15.3. The summed E-state index contributed by atoms with van der Waals surface area (Å²) >= 11 is 0.681. The highest BCUT2D eigenvalue weighted by atomic mass is 32.1. The third-order valence-electron chi connectivity index (χ3n) is 4.76. The lowest BCUT2D eigenvalue weighted by molar-refractivity contribution is -0.380. The van der Waals surface area contributed by atoms with Crippen molar-refractivity contribution in [2.75, 3.05) is 13.7 Å². The predicted molar refractivity (Wildman–Crippen MR) is 114 cm³/mol. The van der Waals surface area contributed by atoms with E-state index >= 15 is 0 Å². The van der Waals surface area contributed by atoms with E-state index in [2.05, 4.69) is 5.10 Å². The predicted octanol–water partition coefficient (Wildman–Crippen LogP) is 3.79. The highest BCUT2D eigenvalue weighted by molar-refractivity contribution is 7.17. The highest BCUT2D eigenvalue weighted by Crippen LogP contribution is 2.33. The number of ether oxygens (including phenoxy) is 2. The van der Waals surface area contributed by atoms with Gasteiger partial charge in [0.15, 0.2) is 6.61 Å². The van der Waals surface area contributed by atoms with Crippen molar-refractivity contribution in [3.05, 3.63) is 81.1 Å². The van der Waals surface area contributed by atoms with Gasteiger partial charge in [0.05, 0.1) is 24.0 Å². The van der Waals surface area contributed by atoms with Gasteiger partial charge in [-0.25, -0.2) is 9.80 Å². The molecule has 2 aromatic heterocycles. The van der Waals surface area contributed by atoms with Crippen LogP contribution in [0, 0.1) is 10.1 Å². The lowest BCUT2D eigenvalue weighted by atomic mass is 10.0. The number of carbonyl (C=O) groups excluding carboxylic acids is 2. The van der Waals surface area contributed by atoms with Crippen LogP contribution in [0.15, 0.2) is 64.3 Å². The minimum Gasteiger partial charge on any atom is -0.497 e. The molecule has 1 aromatic carbocycles. The van der Waals surface area contributed by atoms with Gasteiger partial charge >= 0.3 is 11.0 Å². The van der Waals surface area contributed by atoms with Gasteiger partial charge in [-0.2, -0.15) is 5.10 Å². The molecule has 0 aliphatic carbocycles. The molecule has 1 unspecified atom stereocenters. The molecule has 10 nitrogen and oxygen atoms in total. The fourth-order valence-electron chi connectivity index (χ4n) is 3.20. The number of carbonyl (C=O) groups is 2. The molecule has 0 saturated carbocycles. The standard InChI is InChI=1S/C21H17N3O7S/c1-29-14-6-4-13(5-7-14)15-11-16(17-3-2-10-30-17)23(22-15)19(25)12-31-21(26)18-8-9-20(32-18)24(27)28/h2-10,16H,11-12H2,1H3. The Morgan fingerprint density at radius 3 is 2.66 bits per heavy atom. The van der Waals surface area contributed by atoms with Crippen LogP contribution in [0.25, 0.3) is 0 Å². The van der Waals surface area contributed by atoms with Crippen LogP contribution in [0.4, 0.5) is 5.00 Å². The molecule has 0 spiro atoms. The quantitative estimate of drug-likeness (QED) is 0.301. The topological polar surface area (TPSA) is 124 Å². The molecular weight excluding hydrogens is 438 g/mol. The zero-order valence-electron chi connectivity index (χ0n) is 16.8. The van der Waals surface area contributed by atoms with E-state index in [9.17, 15) is 19.7 Å². The Morgan fingerprint density at radius 1 is 1.25 bits per heavy atom. The maximum atomic E-state index is 12.9. The molecule has 1 aliphatic rings. The first-order chi connectivity index (χ1) is 15.5. The number of thiophene rings is 1. The smallest absolute Gasteiger partial charge is 0.349 e. The van der Waals surface area contributed by atoms with Crippen molar-refractivity contribution >= 4 is 33.9 Å². The number of benzene rings is 1. The van der Waals surface area contributed by atoms with Crippen LogP contribution in [-0.4, -0.2) is 41.2 Å². The van der Waals surface area contributed by atoms with Gasteiger partial charge in [0.1, 0.15) is 22.4 Å². The summed E-state index contributed by atoms with van der Waals surface area (Å²) in [5, 5.41) is 16.3. The van der Waals surface area contributed by atoms with E-state index < -0.39 is 29.4 Å². The van der Waals surface area contributed by atoms with Crippen molar-refractivity contribution in [2.24, 2.45) is 5.10 Å². The molecule has 3 aromatic rings. The van der Waals surface area contributed by atoms with Crippen molar-refractivity contribution in [3.8, 4) is 5.75 Å². The number of amides is 1. The summed E-state index contributed by atoms with van der Waals surface area (Å²) in [6, 6.07) is 12.7. The van der Waals surface area contributed by atoms with Gasteiger partial charge in [-0.1, -0.05) is 11.3 Å². The molecule has 164 valence electrons. The Hall–Kier alpha value is -3.99. The lowest BCUT2D eigenvalue weighted by Gasteiger charge is -2.19. The van der Waals surface area contributed by atoms with Crippen LogP contribution >= 0.6 is 11.3 Å². The van der Waals surface area contributed by atoms with Crippen molar-refractivity contribution < 1.29 is 28.4 Å². The Bertz CT molecular complexity index is 1170. The molecular formula is C21H17N3O7S. The molecule has 4 rings (SSSR count). The Morgan fingerprint density at radius 2 is 2.03 bits per heavy atom. The second kappa shape index (κ2) is 9.02. The van der Waals surface area contributed by atoms with Gasteiger partial charge in [0.2, 0.25) is 0 Å². The first-order valence-corrected chi connectivity index (χ1v) is 10.3. The van der Waals surface area contributed by atoms with Gasteiger partial charge in [0, 0.05) is 12.5 Å². The SMILES string of the molecule is COc1ccc(C2=NN(C(=O)COC(=O)c3ccc([N+](=O)[O-])s3)C(c3ccco3)C2)cc1. The number of furan rings is 1. The first-order valence-electron chi connectivity index (χ1n) is 9.45. The van der Waals surface area contributed by atoms with Crippen molar-refractivity contribution in [2.45, 2.75) is 12.5 Å². The number of esters is 1. The summed E-state index contributed by atoms with van der Waals surface area (Å²) in [6.45, 7) is -0.568. The van der Waals surface area contributed by atoms with Crippen LogP contribution < -0.4 is 4.74 Å². The summed E-state index contributed by atoms with van der Waals surface area (Å²) in [4.78, 5) is 35.3. The summed E-state index contributed by atoms with van der Waals surface area (Å²) in [5.41, 5.74) is 1.49. The maximum Gasteiger partial charge on any atom is 0.349 e. The van der Waals surface area contributed by atoms with Crippen molar-refractivity contribution in [3.63, 3.8) is 0 Å². The Balaban J connectivity index is 1.49. The van der Waals surface area contributed by atoms with Gasteiger partial charge in [0.25, 0.3) is 5.91 Å². The average Bonchev–Trinajstić information content (AvgIpc) is 3.56. The molecule has 1 aliphatic heterocycles. The molecule has 0 N–H and O–H groups in total. The summed E-state index contributed by atoms with van der Waals surface area (Å²) in [5.74, 6) is -0.117. The number of hydrogen-bond donors (Lipinski definition) is 0. The molecule has 0 radical (unpaired) electrons. The van der Waals surface area contributed by atoms with Gasteiger partial charge in [-0.15, -0.1) is 0 Å². The molecule has 0 saturated heterocycles. The summed E-state index contributed by atoms with van der Waals surface area (Å²) in [7, 11) is 1.57. The van der Waals surface area contributed by atoms with E-state index in [1.54, 1.807) is 31.4 Å². The van der Waals surface area contributed by atoms with Crippen LogP contribution in [0.5, 0.6) is 5.75 Å². The van der Waals surface area contributed by atoms with Crippen LogP contribution in [-0.2, 0) is 9.53 Å². The van der Waals surface area contributed by atoms with Crippen LogP contribution in [0.3, 0.4) is 0 Å². The molecule has 1 amide bonds. The highest BCUT2D eigenvalue weighted by Gasteiger charge is 2.35. The second-order valence-corrected chi connectivity index (χ2v) is 7.78. The third kappa shape index (κ3) is 4.37. The van der Waals surface area contributed by atoms with Gasteiger partial charge in [-0.3, -0.25) is 14.9 Å². The molecule has 3 heterocycles. The fraction of sp³-hybridized carbons (Fsp3) is 0.190. The summed E-state index contributed by atoms with van der Waals surface area (Å²) < 4.78 is 15.7. The van der Waals surface area contributed by atoms with E-state index in [1.165, 1.54) is 23.4 Å². The van der Waals surface area contributed by atoms with Crippen LogP contribution in [0.1, 0.15) is 33.5 Å². The monoisotopic (exact) mass is 455 g/mol. The summed E-state index contributed by atoms with van der Waals surface area (Å²) in [6.07, 6.45) is 1.92. The first kappa shape index (κ1) is 21.2. The van der Waals surface area contributed by atoms with E-state index in [4.69, 9.17) is 13.9 Å². The molecule has 0 bridgehead atoms. The fourth-order valence-corrected chi connectivity index (χ4v) is 3.92. The van der Waals surface area contributed by atoms with Gasteiger partial charge < -0.3 is 13.9 Å². The Labute approximate surface area is 185 Å². The third-order valence-corrected chi connectivity index (χ3v) is 5.78. The van der Waals surface area contributed by atoms with E-state index in [0.717, 1.165) is 5.56 Å². The van der Waals surface area contributed by atoms with Crippen molar-refractivity contribution in [1.29, 1.82) is 0 Å². The second-order valence-electron chi connectivity index (χ2n) is 6.72. The average molecular weight is 455 g/mol. The van der Waals surface area contributed by atoms with E-state index in [-0.39, 0.29) is 9.88 Å². The lowest BCUT2D eigenvalue weighted by Crippen LogP contribution is -2.31. The molecule has 0 fully saturated rings. The minimum absolute atomic E-state index is 0.0379. The largest absolute Gasteiger partial charge is 0.497 e. The number of rotatable bonds is 7. The number of methoxy groups -OCH3 is 1. The molecule has 32 heavy (non-hydrogen) atoms. The minimum atomic E-state index is -0.815. The molecule has 1 atom stereocenters. The van der Waals surface area contributed by atoms with Crippen LogP contribution in [0.2, 0.25) is 0 Å². The number of nitrogens with zero attached hydrogens (tertiary/aromatic N) is 3. The van der Waals surface area contributed by atoms with E-state index in [0.29, 0.717) is 35.0 Å². The molecule has 11 heteroatoms. The zero-order valence-corrected chi connectivity index (χ0v) is 17.6. The zero-order chi connectivity index (χ0) is 22.7. The number of hydrogen-bond acceptors (Lipinski definition) is 9. The van der Waals surface area contributed by atoms with E-state index in [1.807, 2.05) is 12.1 Å².